The normalized spacial score (nSPS) is 20.4. The molecule has 8 nitrogen and oxygen atoms in total. The molecule has 3 unspecified atom stereocenters. The molecular formula is C31H46O8S. The fraction of sp³-hybridized carbons (Fsp3) is 0.645. The Morgan fingerprint density at radius 3 is 2.42 bits per heavy atom. The topological polar surface area (TPSA) is 113 Å². The first kappa shape index (κ1) is 33.5. The number of benzene rings is 1. The summed E-state index contributed by atoms with van der Waals surface area (Å²) in [6, 6.07) is 7.08. The number of ether oxygens (including phenoxy) is 3. The number of sulfone groups is 1. The third kappa shape index (κ3) is 10.4. The number of esters is 2. The summed E-state index contributed by atoms with van der Waals surface area (Å²) in [7, 11) is -0.655. The number of methoxy groups -OCH3 is 2. The van der Waals surface area contributed by atoms with E-state index >= 15 is 0 Å². The zero-order valence-corrected chi connectivity index (χ0v) is 25.5. The predicted molar refractivity (Wildman–Crippen MR) is 155 cm³/mol. The van der Waals surface area contributed by atoms with Crippen molar-refractivity contribution in [3.05, 3.63) is 42.0 Å². The van der Waals surface area contributed by atoms with E-state index in [-0.39, 0.29) is 23.9 Å². The van der Waals surface area contributed by atoms with Gasteiger partial charge in [-0.1, -0.05) is 71.1 Å². The van der Waals surface area contributed by atoms with E-state index in [1.807, 2.05) is 13.8 Å². The van der Waals surface area contributed by atoms with Crippen molar-refractivity contribution in [2.45, 2.75) is 96.3 Å². The molecule has 1 heterocycles. The fourth-order valence-corrected chi connectivity index (χ4v) is 7.34. The molecule has 1 aromatic carbocycles. The van der Waals surface area contributed by atoms with Crippen LogP contribution in [0, 0.1) is 11.3 Å². The Morgan fingerprint density at radius 2 is 1.75 bits per heavy atom. The maximum absolute atomic E-state index is 13.2. The first-order chi connectivity index (χ1) is 18.9. The van der Waals surface area contributed by atoms with Gasteiger partial charge in [-0.3, -0.25) is 14.4 Å². The number of carbonyl (C=O) groups excluding carboxylic acids is 3. The van der Waals surface area contributed by atoms with Crippen LogP contribution >= 0.6 is 0 Å². The minimum Gasteiger partial charge on any atom is -0.497 e. The molecule has 224 valence electrons. The van der Waals surface area contributed by atoms with Crippen LogP contribution in [0.25, 0.3) is 0 Å². The average Bonchev–Trinajstić information content (AvgIpc) is 3.15. The van der Waals surface area contributed by atoms with Crippen molar-refractivity contribution in [1.29, 1.82) is 0 Å². The number of unbranched alkanes of at least 4 members (excludes halogenated alkanes) is 4. The van der Waals surface area contributed by atoms with Gasteiger partial charge in [0.2, 0.25) is 0 Å². The van der Waals surface area contributed by atoms with E-state index < -0.39 is 38.5 Å². The number of rotatable bonds is 17. The van der Waals surface area contributed by atoms with E-state index in [4.69, 9.17) is 9.47 Å². The van der Waals surface area contributed by atoms with Crippen LogP contribution in [0.3, 0.4) is 0 Å². The van der Waals surface area contributed by atoms with Gasteiger partial charge in [-0.15, -0.1) is 0 Å². The summed E-state index contributed by atoms with van der Waals surface area (Å²) in [5.41, 5.74) is 0.145. The minimum atomic E-state index is -3.56. The number of hydrogen-bond donors (Lipinski definition) is 0. The van der Waals surface area contributed by atoms with Crippen molar-refractivity contribution in [2.75, 3.05) is 20.0 Å². The summed E-state index contributed by atoms with van der Waals surface area (Å²) < 4.78 is 42.1. The van der Waals surface area contributed by atoms with Gasteiger partial charge in [-0.05, 0) is 43.0 Å². The van der Waals surface area contributed by atoms with E-state index in [2.05, 4.69) is 11.7 Å². The number of allylic oxidation sites excluding steroid dienone is 1. The highest BCUT2D eigenvalue weighted by atomic mass is 32.2. The lowest BCUT2D eigenvalue weighted by Gasteiger charge is -2.23. The Kier molecular flexibility index (Phi) is 13.4. The first-order valence-electron chi connectivity index (χ1n) is 14.3. The lowest BCUT2D eigenvalue weighted by Crippen LogP contribution is -2.29. The maximum Gasteiger partial charge on any atom is 0.310 e. The van der Waals surface area contributed by atoms with E-state index in [1.165, 1.54) is 13.2 Å². The van der Waals surface area contributed by atoms with Gasteiger partial charge in [0.15, 0.2) is 15.6 Å². The monoisotopic (exact) mass is 578 g/mol. The third-order valence-corrected chi connectivity index (χ3v) is 9.89. The number of hydrogen-bond acceptors (Lipinski definition) is 8. The summed E-state index contributed by atoms with van der Waals surface area (Å²) in [5.74, 6) is -1.11. The molecule has 0 amide bonds. The SMILES string of the molecule is CCCCC(C)(C)C(=O)/C=C/C1C(OC(=O)Cc2cccc(OC)c2)CS(=O)(=O)C1CCCCCCC(=O)OC. The summed E-state index contributed by atoms with van der Waals surface area (Å²) in [6.45, 7) is 5.88. The molecule has 9 heteroatoms. The Bertz CT molecular complexity index is 1120. The molecular weight excluding hydrogens is 532 g/mol. The Hall–Kier alpha value is -2.68. The molecule has 3 atom stereocenters. The third-order valence-electron chi connectivity index (χ3n) is 7.62. The van der Waals surface area contributed by atoms with Crippen LogP contribution in [0.1, 0.15) is 84.1 Å². The standard InChI is InChI=1S/C31H46O8S/c1-6-7-19-31(2,3)28(32)18-17-25-26(39-30(34)21-23-13-12-14-24(20-23)37-4)22-40(35,36)27(25)15-10-8-9-11-16-29(33)38-5/h12-14,17-18,20,25-27H,6-11,15-16,19,21-22H2,1-5H3/b18-17+. The van der Waals surface area contributed by atoms with Crippen LogP contribution in [0.15, 0.2) is 36.4 Å². The summed E-state index contributed by atoms with van der Waals surface area (Å²) in [4.78, 5) is 37.2. The molecule has 0 aliphatic carbocycles. The molecule has 0 N–H and O–H groups in total. The van der Waals surface area contributed by atoms with Crippen LogP contribution in [-0.2, 0) is 40.1 Å². The van der Waals surface area contributed by atoms with Gasteiger partial charge in [0.1, 0.15) is 11.9 Å². The maximum atomic E-state index is 13.2. The largest absolute Gasteiger partial charge is 0.497 e. The van der Waals surface area contributed by atoms with Gasteiger partial charge < -0.3 is 14.2 Å². The van der Waals surface area contributed by atoms with Crippen molar-refractivity contribution in [3.8, 4) is 5.75 Å². The van der Waals surface area contributed by atoms with Gasteiger partial charge >= 0.3 is 11.9 Å². The smallest absolute Gasteiger partial charge is 0.310 e. The van der Waals surface area contributed by atoms with E-state index in [9.17, 15) is 22.8 Å². The molecule has 1 aliphatic rings. The highest BCUT2D eigenvalue weighted by Gasteiger charge is 2.47. The van der Waals surface area contributed by atoms with Gasteiger partial charge in [0, 0.05) is 17.8 Å². The summed E-state index contributed by atoms with van der Waals surface area (Å²) in [6.07, 6.45) is 8.53. The molecule has 0 spiro atoms. The van der Waals surface area contributed by atoms with Crippen LogP contribution in [-0.4, -0.2) is 57.5 Å². The van der Waals surface area contributed by atoms with Crippen molar-refractivity contribution in [2.24, 2.45) is 11.3 Å². The van der Waals surface area contributed by atoms with E-state index in [0.717, 1.165) is 32.1 Å². The Balaban J connectivity index is 2.16. The van der Waals surface area contributed by atoms with Crippen molar-refractivity contribution in [3.63, 3.8) is 0 Å². The molecule has 2 rings (SSSR count). The second kappa shape index (κ2) is 15.9. The molecule has 40 heavy (non-hydrogen) atoms. The average molecular weight is 579 g/mol. The molecule has 1 saturated heterocycles. The first-order valence-corrected chi connectivity index (χ1v) is 16.0. The minimum absolute atomic E-state index is 0.0159. The predicted octanol–water partition coefficient (Wildman–Crippen LogP) is 5.42. The molecule has 0 saturated carbocycles. The van der Waals surface area contributed by atoms with Crippen molar-refractivity contribution >= 4 is 27.6 Å². The van der Waals surface area contributed by atoms with Crippen molar-refractivity contribution in [1.82, 2.24) is 0 Å². The molecule has 1 aliphatic heterocycles. The molecule has 1 aromatic rings. The van der Waals surface area contributed by atoms with E-state index in [1.54, 1.807) is 37.5 Å². The van der Waals surface area contributed by atoms with E-state index in [0.29, 0.717) is 37.0 Å². The second-order valence-electron chi connectivity index (χ2n) is 11.2. The van der Waals surface area contributed by atoms with Crippen LogP contribution in [0.5, 0.6) is 5.75 Å². The summed E-state index contributed by atoms with van der Waals surface area (Å²) in [5, 5.41) is -0.745. The highest BCUT2D eigenvalue weighted by molar-refractivity contribution is 7.92. The van der Waals surface area contributed by atoms with Gasteiger partial charge in [0.25, 0.3) is 0 Å². The van der Waals surface area contributed by atoms with Crippen molar-refractivity contribution < 1.29 is 37.0 Å². The zero-order chi connectivity index (χ0) is 29.8. The van der Waals surface area contributed by atoms with Gasteiger partial charge in [-0.2, -0.15) is 0 Å². The molecule has 0 radical (unpaired) electrons. The van der Waals surface area contributed by atoms with Gasteiger partial charge in [-0.25, -0.2) is 8.42 Å². The van der Waals surface area contributed by atoms with Gasteiger partial charge in [0.05, 0.1) is 31.6 Å². The Morgan fingerprint density at radius 1 is 1.02 bits per heavy atom. The fourth-order valence-electron chi connectivity index (χ4n) is 5.07. The number of ketones is 1. The van der Waals surface area contributed by atoms with Crippen LogP contribution in [0.4, 0.5) is 0 Å². The molecule has 1 fully saturated rings. The highest BCUT2D eigenvalue weighted by Crippen LogP contribution is 2.35. The molecule has 0 bridgehead atoms. The van der Waals surface area contributed by atoms with Crippen LogP contribution in [0.2, 0.25) is 0 Å². The zero-order valence-electron chi connectivity index (χ0n) is 24.6. The quantitative estimate of drug-likeness (QED) is 0.137. The van der Waals surface area contributed by atoms with Crippen LogP contribution < -0.4 is 4.74 Å². The number of carbonyl (C=O) groups is 3. The lowest BCUT2D eigenvalue weighted by atomic mass is 9.82. The summed E-state index contributed by atoms with van der Waals surface area (Å²) >= 11 is 0. The lowest BCUT2D eigenvalue weighted by molar-refractivity contribution is -0.148. The Labute approximate surface area is 239 Å². The second-order valence-corrected chi connectivity index (χ2v) is 13.5. The molecule has 0 aromatic heterocycles.